The molecule has 0 radical (unpaired) electrons. The summed E-state index contributed by atoms with van der Waals surface area (Å²) in [7, 11) is 0. The summed E-state index contributed by atoms with van der Waals surface area (Å²) in [5.74, 6) is 0.311. The molecule has 1 fully saturated rings. The first-order chi connectivity index (χ1) is 13.3. The topological polar surface area (TPSA) is 64.7 Å². The van der Waals surface area contributed by atoms with Crippen LogP contribution in [0.3, 0.4) is 0 Å². The van der Waals surface area contributed by atoms with Crippen LogP contribution < -0.4 is 10.6 Å². The van der Waals surface area contributed by atoms with Crippen LogP contribution >= 0.6 is 23.2 Å². The molecule has 0 atom stereocenters. The van der Waals surface area contributed by atoms with E-state index in [0.717, 1.165) is 32.5 Å². The molecule has 1 aliphatic rings. The van der Waals surface area contributed by atoms with E-state index in [1.165, 1.54) is 4.90 Å². The number of likely N-dealkylation sites (tertiary alicyclic amines) is 1. The van der Waals surface area contributed by atoms with Gasteiger partial charge >= 0.3 is 6.03 Å². The number of piperidine rings is 1. The molecular weight excluding hydrogens is 399 g/mol. The van der Waals surface area contributed by atoms with Gasteiger partial charge in [0.2, 0.25) is 5.91 Å². The van der Waals surface area contributed by atoms with Gasteiger partial charge in [0, 0.05) is 32.2 Å². The van der Waals surface area contributed by atoms with E-state index in [0.29, 0.717) is 28.2 Å². The van der Waals surface area contributed by atoms with E-state index < -0.39 is 0 Å². The fraction of sp³-hybridized carbons (Fsp3) is 0.600. The molecule has 2 rings (SSSR count). The number of benzene rings is 1. The van der Waals surface area contributed by atoms with Gasteiger partial charge in [0.1, 0.15) is 6.54 Å². The SMILES string of the molecule is CCN(CC(=O)Nc1c(Cl)cccc1Cl)C(=O)NC1CCN(CC(C)C)CC1. The fourth-order valence-corrected chi connectivity index (χ4v) is 3.83. The maximum Gasteiger partial charge on any atom is 0.318 e. The lowest BCUT2D eigenvalue weighted by atomic mass is 10.0. The Morgan fingerprint density at radius 2 is 1.82 bits per heavy atom. The number of para-hydroxylation sites is 1. The lowest BCUT2D eigenvalue weighted by Gasteiger charge is -2.34. The molecule has 28 heavy (non-hydrogen) atoms. The summed E-state index contributed by atoms with van der Waals surface area (Å²) in [6, 6.07) is 4.94. The van der Waals surface area contributed by atoms with Crippen molar-refractivity contribution < 1.29 is 9.59 Å². The van der Waals surface area contributed by atoms with Gasteiger partial charge in [0.15, 0.2) is 0 Å². The van der Waals surface area contributed by atoms with Crippen molar-refractivity contribution in [1.82, 2.24) is 15.1 Å². The van der Waals surface area contributed by atoms with Crippen LogP contribution in [0.15, 0.2) is 18.2 Å². The average Bonchev–Trinajstić information content (AvgIpc) is 2.64. The third-order valence-corrected chi connectivity index (χ3v) is 5.40. The molecule has 0 aromatic heterocycles. The van der Waals surface area contributed by atoms with Crippen molar-refractivity contribution in [1.29, 1.82) is 0 Å². The normalized spacial score (nSPS) is 15.5. The van der Waals surface area contributed by atoms with Gasteiger partial charge in [-0.1, -0.05) is 43.1 Å². The fourth-order valence-electron chi connectivity index (χ4n) is 3.34. The number of nitrogens with one attached hydrogen (secondary N) is 2. The Hall–Kier alpha value is -1.50. The minimum absolute atomic E-state index is 0.0594. The van der Waals surface area contributed by atoms with Crippen molar-refractivity contribution in [3.8, 4) is 0 Å². The van der Waals surface area contributed by atoms with Crippen molar-refractivity contribution in [2.45, 2.75) is 39.7 Å². The van der Waals surface area contributed by atoms with Crippen molar-refractivity contribution in [3.63, 3.8) is 0 Å². The molecule has 0 saturated carbocycles. The first-order valence-corrected chi connectivity index (χ1v) is 10.6. The minimum Gasteiger partial charge on any atom is -0.335 e. The predicted octanol–water partition coefficient (Wildman–Crippen LogP) is 4.08. The molecular formula is C20H30Cl2N4O2. The Morgan fingerprint density at radius 3 is 2.36 bits per heavy atom. The average molecular weight is 429 g/mol. The quantitative estimate of drug-likeness (QED) is 0.687. The van der Waals surface area contributed by atoms with Crippen LogP contribution in [0.5, 0.6) is 0 Å². The van der Waals surface area contributed by atoms with Crippen LogP contribution in [0.4, 0.5) is 10.5 Å². The van der Waals surface area contributed by atoms with Gasteiger partial charge in [-0.2, -0.15) is 0 Å². The van der Waals surface area contributed by atoms with E-state index in [4.69, 9.17) is 23.2 Å². The molecule has 0 spiro atoms. The maximum atomic E-state index is 12.6. The van der Waals surface area contributed by atoms with Gasteiger partial charge in [0.05, 0.1) is 15.7 Å². The Bertz CT molecular complexity index is 656. The number of rotatable bonds is 7. The van der Waals surface area contributed by atoms with E-state index in [1.54, 1.807) is 18.2 Å². The van der Waals surface area contributed by atoms with E-state index >= 15 is 0 Å². The molecule has 8 heteroatoms. The highest BCUT2D eigenvalue weighted by atomic mass is 35.5. The summed E-state index contributed by atoms with van der Waals surface area (Å²) in [6.45, 7) is 9.72. The second-order valence-corrected chi connectivity index (χ2v) is 8.39. The lowest BCUT2D eigenvalue weighted by molar-refractivity contribution is -0.116. The zero-order valence-electron chi connectivity index (χ0n) is 16.8. The molecule has 0 aliphatic carbocycles. The van der Waals surface area contributed by atoms with E-state index in [9.17, 15) is 9.59 Å². The van der Waals surface area contributed by atoms with Gasteiger partial charge in [0.25, 0.3) is 0 Å². The van der Waals surface area contributed by atoms with Gasteiger partial charge in [-0.3, -0.25) is 4.79 Å². The molecule has 0 bridgehead atoms. The van der Waals surface area contributed by atoms with Gasteiger partial charge in [-0.15, -0.1) is 0 Å². The smallest absolute Gasteiger partial charge is 0.318 e. The summed E-state index contributed by atoms with van der Waals surface area (Å²) in [5, 5.41) is 6.48. The Labute approximate surface area is 177 Å². The maximum absolute atomic E-state index is 12.6. The third-order valence-electron chi connectivity index (χ3n) is 4.77. The molecule has 1 aliphatic heterocycles. The number of halogens is 2. The number of amides is 3. The highest BCUT2D eigenvalue weighted by Crippen LogP contribution is 2.29. The van der Waals surface area contributed by atoms with Gasteiger partial charge in [-0.05, 0) is 37.8 Å². The van der Waals surface area contributed by atoms with E-state index in [1.807, 2.05) is 6.92 Å². The van der Waals surface area contributed by atoms with Crippen molar-refractivity contribution in [2.75, 3.05) is 38.0 Å². The molecule has 1 aromatic carbocycles. The molecule has 6 nitrogen and oxygen atoms in total. The zero-order chi connectivity index (χ0) is 20.7. The van der Waals surface area contributed by atoms with Crippen LogP contribution in [-0.4, -0.2) is 60.5 Å². The first-order valence-electron chi connectivity index (χ1n) is 9.81. The molecule has 1 heterocycles. The third kappa shape index (κ3) is 6.83. The minimum atomic E-state index is -0.334. The largest absolute Gasteiger partial charge is 0.335 e. The monoisotopic (exact) mass is 428 g/mol. The van der Waals surface area contributed by atoms with Crippen LogP contribution in [0.1, 0.15) is 33.6 Å². The molecule has 1 saturated heterocycles. The Kier molecular flexibility index (Phi) is 8.86. The number of nitrogens with zero attached hydrogens (tertiary/aromatic N) is 2. The summed E-state index contributed by atoms with van der Waals surface area (Å²) in [5.41, 5.74) is 0.366. The van der Waals surface area contributed by atoms with Crippen LogP contribution in [0, 0.1) is 5.92 Å². The second kappa shape index (κ2) is 10.9. The van der Waals surface area contributed by atoms with E-state index in [-0.39, 0.29) is 24.5 Å². The Balaban J connectivity index is 1.84. The second-order valence-electron chi connectivity index (χ2n) is 7.58. The molecule has 2 N–H and O–H groups in total. The summed E-state index contributed by atoms with van der Waals surface area (Å²) >= 11 is 12.2. The number of hydrogen-bond donors (Lipinski definition) is 2. The number of anilines is 1. The summed E-state index contributed by atoms with van der Waals surface area (Å²) in [4.78, 5) is 28.9. The van der Waals surface area contributed by atoms with Crippen LogP contribution in [-0.2, 0) is 4.79 Å². The van der Waals surface area contributed by atoms with Gasteiger partial charge < -0.3 is 20.4 Å². The van der Waals surface area contributed by atoms with Crippen molar-refractivity contribution >= 4 is 40.8 Å². The number of hydrogen-bond acceptors (Lipinski definition) is 3. The number of urea groups is 1. The number of likely N-dealkylation sites (N-methyl/N-ethyl adjacent to an activating group) is 1. The lowest BCUT2D eigenvalue weighted by Crippen LogP contribution is -2.51. The van der Waals surface area contributed by atoms with Crippen molar-refractivity contribution in [3.05, 3.63) is 28.2 Å². The number of carbonyl (C=O) groups excluding carboxylic acids is 2. The van der Waals surface area contributed by atoms with Crippen LogP contribution in [0.2, 0.25) is 10.0 Å². The molecule has 3 amide bonds. The first kappa shape index (κ1) is 22.8. The predicted molar refractivity (Wildman–Crippen MR) is 115 cm³/mol. The molecule has 156 valence electrons. The number of carbonyl (C=O) groups is 2. The van der Waals surface area contributed by atoms with E-state index in [2.05, 4.69) is 29.4 Å². The summed E-state index contributed by atoms with van der Waals surface area (Å²) < 4.78 is 0. The molecule has 0 unspecified atom stereocenters. The molecule has 1 aromatic rings. The highest BCUT2D eigenvalue weighted by molar-refractivity contribution is 6.39. The Morgan fingerprint density at radius 1 is 1.21 bits per heavy atom. The standard InChI is InChI=1S/C20H30Cl2N4O2/c1-4-26(13-18(27)24-19-16(21)6-5-7-17(19)22)20(28)23-15-8-10-25(11-9-15)12-14(2)3/h5-7,14-15H,4,8-13H2,1-3H3,(H,23,28)(H,24,27). The van der Waals surface area contributed by atoms with Gasteiger partial charge in [-0.25, -0.2) is 4.79 Å². The van der Waals surface area contributed by atoms with Crippen LogP contribution in [0.25, 0.3) is 0 Å². The summed E-state index contributed by atoms with van der Waals surface area (Å²) in [6.07, 6.45) is 1.86. The van der Waals surface area contributed by atoms with Crippen molar-refractivity contribution in [2.24, 2.45) is 5.92 Å². The zero-order valence-corrected chi connectivity index (χ0v) is 18.3. The highest BCUT2D eigenvalue weighted by Gasteiger charge is 2.24.